The van der Waals surface area contributed by atoms with E-state index < -0.39 is 11.8 Å². The molecule has 1 rings (SSSR count). The summed E-state index contributed by atoms with van der Waals surface area (Å²) in [5.41, 5.74) is 5.67. The smallest absolute Gasteiger partial charge is 0.225 e. The standard InChI is InChI=1S/C12H16N2O3/c1-8(12(13)16)7-11(15)14-9-5-3-4-6-10(9)17-2/h3-6,8H,7H2,1-2H3,(H2,13,16)(H,14,15). The molecule has 3 N–H and O–H groups in total. The van der Waals surface area contributed by atoms with Gasteiger partial charge in [-0.1, -0.05) is 19.1 Å². The minimum Gasteiger partial charge on any atom is -0.495 e. The van der Waals surface area contributed by atoms with Crippen LogP contribution in [0.4, 0.5) is 5.69 Å². The van der Waals surface area contributed by atoms with Gasteiger partial charge in [0, 0.05) is 12.3 Å². The van der Waals surface area contributed by atoms with Gasteiger partial charge in [0.15, 0.2) is 0 Å². The van der Waals surface area contributed by atoms with E-state index in [1.54, 1.807) is 31.2 Å². The Balaban J connectivity index is 2.65. The summed E-state index contributed by atoms with van der Waals surface area (Å²) in [6.07, 6.45) is 0.0629. The number of ether oxygens (including phenoxy) is 1. The second kappa shape index (κ2) is 5.89. The van der Waals surface area contributed by atoms with E-state index in [-0.39, 0.29) is 12.3 Å². The van der Waals surface area contributed by atoms with Gasteiger partial charge in [0.1, 0.15) is 5.75 Å². The van der Waals surface area contributed by atoms with Gasteiger partial charge in [-0.05, 0) is 12.1 Å². The van der Waals surface area contributed by atoms with Gasteiger partial charge in [-0.2, -0.15) is 0 Å². The largest absolute Gasteiger partial charge is 0.495 e. The minimum absolute atomic E-state index is 0.0629. The summed E-state index contributed by atoms with van der Waals surface area (Å²) < 4.78 is 5.09. The van der Waals surface area contributed by atoms with Gasteiger partial charge in [0.25, 0.3) is 0 Å². The van der Waals surface area contributed by atoms with Gasteiger partial charge >= 0.3 is 0 Å². The first kappa shape index (κ1) is 13.0. The van der Waals surface area contributed by atoms with Crippen molar-refractivity contribution in [2.24, 2.45) is 11.7 Å². The van der Waals surface area contributed by atoms with Crippen LogP contribution in [0.25, 0.3) is 0 Å². The molecule has 5 heteroatoms. The second-order valence-electron chi connectivity index (χ2n) is 3.76. The molecule has 0 radical (unpaired) electrons. The zero-order valence-electron chi connectivity index (χ0n) is 9.90. The molecule has 1 unspecified atom stereocenters. The first-order chi connectivity index (χ1) is 8.04. The summed E-state index contributed by atoms with van der Waals surface area (Å²) in [5, 5.41) is 2.68. The predicted molar refractivity (Wildman–Crippen MR) is 64.6 cm³/mol. The summed E-state index contributed by atoms with van der Waals surface area (Å²) in [6, 6.07) is 7.06. The highest BCUT2D eigenvalue weighted by Gasteiger charge is 2.15. The third-order valence-corrected chi connectivity index (χ3v) is 2.36. The van der Waals surface area contributed by atoms with Crippen molar-refractivity contribution < 1.29 is 14.3 Å². The fourth-order valence-electron chi connectivity index (χ4n) is 1.33. The lowest BCUT2D eigenvalue weighted by Crippen LogP contribution is -2.25. The number of carbonyl (C=O) groups excluding carboxylic acids is 2. The quantitative estimate of drug-likeness (QED) is 0.804. The van der Waals surface area contributed by atoms with Gasteiger partial charge in [-0.3, -0.25) is 9.59 Å². The van der Waals surface area contributed by atoms with Gasteiger partial charge in [-0.25, -0.2) is 0 Å². The molecule has 5 nitrogen and oxygen atoms in total. The van der Waals surface area contributed by atoms with E-state index in [1.165, 1.54) is 7.11 Å². The van der Waals surface area contributed by atoms with E-state index in [0.29, 0.717) is 11.4 Å². The fourth-order valence-corrected chi connectivity index (χ4v) is 1.33. The SMILES string of the molecule is COc1ccccc1NC(=O)CC(C)C(N)=O. The molecular weight excluding hydrogens is 220 g/mol. The Bertz CT molecular complexity index is 418. The van der Waals surface area contributed by atoms with E-state index >= 15 is 0 Å². The molecule has 0 saturated heterocycles. The van der Waals surface area contributed by atoms with Crippen molar-refractivity contribution in [1.29, 1.82) is 0 Å². The van der Waals surface area contributed by atoms with Crippen molar-refractivity contribution >= 4 is 17.5 Å². The van der Waals surface area contributed by atoms with E-state index in [4.69, 9.17) is 10.5 Å². The maximum Gasteiger partial charge on any atom is 0.225 e. The zero-order chi connectivity index (χ0) is 12.8. The average molecular weight is 236 g/mol. The molecule has 1 aromatic carbocycles. The van der Waals surface area contributed by atoms with E-state index in [9.17, 15) is 9.59 Å². The van der Waals surface area contributed by atoms with Crippen molar-refractivity contribution in [2.45, 2.75) is 13.3 Å². The molecule has 0 aliphatic rings. The van der Waals surface area contributed by atoms with Gasteiger partial charge in [-0.15, -0.1) is 0 Å². The Morgan fingerprint density at radius 1 is 1.41 bits per heavy atom. The Kier molecular flexibility index (Phi) is 4.51. The van der Waals surface area contributed by atoms with E-state index in [0.717, 1.165) is 0 Å². The first-order valence-corrected chi connectivity index (χ1v) is 5.26. The molecular formula is C12H16N2O3. The van der Waals surface area contributed by atoms with Crippen LogP contribution in [0.5, 0.6) is 5.75 Å². The van der Waals surface area contributed by atoms with Crippen molar-refractivity contribution in [1.82, 2.24) is 0 Å². The molecule has 17 heavy (non-hydrogen) atoms. The molecule has 0 aliphatic carbocycles. The first-order valence-electron chi connectivity index (χ1n) is 5.26. The Morgan fingerprint density at radius 2 is 2.06 bits per heavy atom. The summed E-state index contributed by atoms with van der Waals surface area (Å²) in [7, 11) is 1.52. The topological polar surface area (TPSA) is 81.4 Å². The maximum atomic E-state index is 11.6. The maximum absolute atomic E-state index is 11.6. The number of para-hydroxylation sites is 2. The van der Waals surface area contributed by atoms with Crippen LogP contribution in [0, 0.1) is 5.92 Å². The number of carbonyl (C=O) groups is 2. The highest BCUT2D eigenvalue weighted by molar-refractivity contribution is 5.94. The number of nitrogens with two attached hydrogens (primary N) is 1. The Morgan fingerprint density at radius 3 is 2.65 bits per heavy atom. The number of methoxy groups -OCH3 is 1. The molecule has 0 fully saturated rings. The number of nitrogens with one attached hydrogen (secondary N) is 1. The number of anilines is 1. The number of rotatable bonds is 5. The molecule has 0 saturated carbocycles. The van der Waals surface area contributed by atoms with E-state index in [1.807, 2.05) is 0 Å². The summed E-state index contributed by atoms with van der Waals surface area (Å²) in [5.74, 6) is -0.654. The fraction of sp³-hybridized carbons (Fsp3) is 0.333. The lowest BCUT2D eigenvalue weighted by Gasteiger charge is -2.11. The summed E-state index contributed by atoms with van der Waals surface area (Å²) >= 11 is 0. The second-order valence-corrected chi connectivity index (χ2v) is 3.76. The van der Waals surface area contributed by atoms with Gasteiger partial charge < -0.3 is 15.8 Å². The van der Waals surface area contributed by atoms with Crippen molar-refractivity contribution in [3.05, 3.63) is 24.3 Å². The normalized spacial score (nSPS) is 11.6. The highest BCUT2D eigenvalue weighted by atomic mass is 16.5. The van der Waals surface area contributed by atoms with Crippen LogP contribution in [0.3, 0.4) is 0 Å². The van der Waals surface area contributed by atoms with Crippen LogP contribution < -0.4 is 15.8 Å². The number of hydrogen-bond donors (Lipinski definition) is 2. The van der Waals surface area contributed by atoms with Crippen LogP contribution in [0.2, 0.25) is 0 Å². The third-order valence-electron chi connectivity index (χ3n) is 2.36. The lowest BCUT2D eigenvalue weighted by atomic mass is 10.1. The zero-order valence-corrected chi connectivity index (χ0v) is 9.90. The molecule has 1 atom stereocenters. The van der Waals surface area contributed by atoms with Crippen LogP contribution in [0.1, 0.15) is 13.3 Å². The minimum atomic E-state index is -0.486. The predicted octanol–water partition coefficient (Wildman–Crippen LogP) is 1.15. The summed E-state index contributed by atoms with van der Waals surface area (Å²) in [6.45, 7) is 1.62. The number of primary amides is 1. The van der Waals surface area contributed by atoms with Crippen LogP contribution in [-0.2, 0) is 9.59 Å². The van der Waals surface area contributed by atoms with Crippen molar-refractivity contribution in [3.8, 4) is 5.75 Å². The Labute approximate surface area is 99.9 Å². The molecule has 0 spiro atoms. The molecule has 0 bridgehead atoms. The van der Waals surface area contributed by atoms with Gasteiger partial charge in [0.05, 0.1) is 12.8 Å². The molecule has 92 valence electrons. The van der Waals surface area contributed by atoms with Crippen LogP contribution in [0.15, 0.2) is 24.3 Å². The van der Waals surface area contributed by atoms with Crippen LogP contribution >= 0.6 is 0 Å². The van der Waals surface area contributed by atoms with Crippen molar-refractivity contribution in [2.75, 3.05) is 12.4 Å². The summed E-state index contributed by atoms with van der Waals surface area (Å²) in [4.78, 5) is 22.4. The highest BCUT2D eigenvalue weighted by Crippen LogP contribution is 2.23. The molecule has 0 aromatic heterocycles. The number of hydrogen-bond acceptors (Lipinski definition) is 3. The van der Waals surface area contributed by atoms with Crippen LogP contribution in [-0.4, -0.2) is 18.9 Å². The molecule has 0 heterocycles. The van der Waals surface area contributed by atoms with Crippen molar-refractivity contribution in [3.63, 3.8) is 0 Å². The monoisotopic (exact) mass is 236 g/mol. The lowest BCUT2D eigenvalue weighted by molar-refractivity contribution is -0.125. The number of benzene rings is 1. The Hall–Kier alpha value is -2.04. The molecule has 1 aromatic rings. The van der Waals surface area contributed by atoms with E-state index in [2.05, 4.69) is 5.32 Å². The third kappa shape index (κ3) is 3.79. The number of amides is 2. The van der Waals surface area contributed by atoms with Gasteiger partial charge in [0.2, 0.25) is 11.8 Å². The molecule has 0 aliphatic heterocycles. The molecule has 2 amide bonds. The average Bonchev–Trinajstić information content (AvgIpc) is 2.29.